The van der Waals surface area contributed by atoms with Crippen molar-refractivity contribution in [2.45, 2.75) is 51.4 Å². The predicted molar refractivity (Wildman–Crippen MR) is 83.3 cm³/mol. The molecule has 0 unspecified atom stereocenters. The smallest absolute Gasteiger partial charge is 0.225 e. The fourth-order valence-corrected chi connectivity index (χ4v) is 3.95. The predicted octanol–water partition coefficient (Wildman–Crippen LogP) is 1.74. The normalized spacial score (nSPS) is 23.0. The minimum atomic E-state index is -3.11. The van der Waals surface area contributed by atoms with Gasteiger partial charge in [-0.25, -0.2) is 13.1 Å². The van der Waals surface area contributed by atoms with E-state index in [-0.39, 0.29) is 5.92 Å². The van der Waals surface area contributed by atoms with Crippen molar-refractivity contribution in [3.63, 3.8) is 0 Å². The molecule has 0 aromatic rings. The second-order valence-electron chi connectivity index (χ2n) is 6.58. The summed E-state index contributed by atoms with van der Waals surface area (Å²) in [4.78, 5) is 14.6. The first-order valence-corrected chi connectivity index (χ1v) is 10.1. The molecule has 0 atom stereocenters. The molecule has 1 saturated carbocycles. The van der Waals surface area contributed by atoms with Crippen LogP contribution in [0.5, 0.6) is 0 Å². The van der Waals surface area contributed by atoms with Crippen LogP contribution >= 0.6 is 0 Å². The first-order chi connectivity index (χ1) is 9.96. The Morgan fingerprint density at radius 1 is 1.05 bits per heavy atom. The highest BCUT2D eigenvalue weighted by atomic mass is 32.2. The number of sulfonamides is 1. The van der Waals surface area contributed by atoms with Crippen molar-refractivity contribution < 1.29 is 13.2 Å². The number of likely N-dealkylation sites (tertiary alicyclic amines) is 1. The quantitative estimate of drug-likeness (QED) is 0.804. The summed E-state index contributed by atoms with van der Waals surface area (Å²) >= 11 is 0. The number of hydrogen-bond donors (Lipinski definition) is 1. The van der Waals surface area contributed by atoms with Gasteiger partial charge in [-0.2, -0.15) is 0 Å². The van der Waals surface area contributed by atoms with Crippen molar-refractivity contribution in [3.05, 3.63) is 0 Å². The van der Waals surface area contributed by atoms with Gasteiger partial charge in [-0.3, -0.25) is 4.79 Å². The van der Waals surface area contributed by atoms with E-state index in [2.05, 4.69) is 4.72 Å². The van der Waals surface area contributed by atoms with E-state index < -0.39 is 10.0 Å². The van der Waals surface area contributed by atoms with Gasteiger partial charge in [0.15, 0.2) is 0 Å². The van der Waals surface area contributed by atoms with Crippen LogP contribution in [0.2, 0.25) is 0 Å². The summed E-state index contributed by atoms with van der Waals surface area (Å²) in [5.74, 6) is 0.933. The van der Waals surface area contributed by atoms with Crippen LogP contribution in [0.3, 0.4) is 0 Å². The number of carbonyl (C=O) groups is 1. The Labute approximate surface area is 128 Å². The lowest BCUT2D eigenvalue weighted by Crippen LogP contribution is -2.43. The van der Waals surface area contributed by atoms with E-state index in [1.807, 2.05) is 4.90 Å². The van der Waals surface area contributed by atoms with E-state index in [4.69, 9.17) is 0 Å². The number of nitrogens with one attached hydrogen (secondary N) is 1. The van der Waals surface area contributed by atoms with Crippen LogP contribution in [0, 0.1) is 11.8 Å². The summed E-state index contributed by atoms with van der Waals surface area (Å²) in [6, 6.07) is 0. The van der Waals surface area contributed by atoms with Crippen LogP contribution in [0.4, 0.5) is 0 Å². The third-order valence-corrected chi connectivity index (χ3v) is 5.46. The maximum absolute atomic E-state index is 12.5. The number of amides is 1. The molecule has 1 aliphatic carbocycles. The first kappa shape index (κ1) is 16.7. The van der Waals surface area contributed by atoms with Gasteiger partial charge in [0.2, 0.25) is 15.9 Å². The second-order valence-corrected chi connectivity index (χ2v) is 8.41. The Morgan fingerprint density at radius 3 is 2.14 bits per heavy atom. The van der Waals surface area contributed by atoms with Crippen molar-refractivity contribution >= 4 is 15.9 Å². The molecule has 0 aromatic carbocycles. The Kier molecular flexibility index (Phi) is 6.05. The zero-order valence-electron chi connectivity index (χ0n) is 13.0. The third kappa shape index (κ3) is 5.58. The van der Waals surface area contributed by atoms with Crippen molar-refractivity contribution in [1.29, 1.82) is 0 Å². The number of piperidine rings is 1. The molecule has 0 bridgehead atoms. The molecular formula is C15H28N2O3S. The van der Waals surface area contributed by atoms with Gasteiger partial charge in [-0.1, -0.05) is 25.7 Å². The first-order valence-electron chi connectivity index (χ1n) is 8.19. The molecule has 2 rings (SSSR count). The zero-order chi connectivity index (χ0) is 15.3. The summed E-state index contributed by atoms with van der Waals surface area (Å²) in [6.45, 7) is 2.07. The second kappa shape index (κ2) is 7.58. The molecule has 6 heteroatoms. The third-order valence-electron chi connectivity index (χ3n) is 4.76. The van der Waals surface area contributed by atoms with Gasteiger partial charge in [-0.05, 0) is 31.6 Å². The molecule has 1 N–H and O–H groups in total. The van der Waals surface area contributed by atoms with Crippen LogP contribution < -0.4 is 4.72 Å². The van der Waals surface area contributed by atoms with Gasteiger partial charge in [0.05, 0.1) is 6.26 Å². The number of carbonyl (C=O) groups excluding carboxylic acids is 1. The molecule has 1 heterocycles. The molecule has 0 spiro atoms. The highest BCUT2D eigenvalue weighted by Gasteiger charge is 2.28. The molecule has 122 valence electrons. The molecule has 21 heavy (non-hydrogen) atoms. The molecule has 1 amide bonds. The van der Waals surface area contributed by atoms with Gasteiger partial charge in [0.1, 0.15) is 0 Å². The standard InChI is InChI=1S/C15H28N2O3S/c1-21(19,20)16-12-13-8-10-17(11-9-13)15(18)14-6-4-2-3-5-7-14/h13-14,16H,2-12H2,1H3. The lowest BCUT2D eigenvalue weighted by Gasteiger charge is -2.34. The van der Waals surface area contributed by atoms with Crippen LogP contribution in [-0.2, 0) is 14.8 Å². The van der Waals surface area contributed by atoms with Crippen molar-refractivity contribution in [3.8, 4) is 0 Å². The van der Waals surface area contributed by atoms with Crippen molar-refractivity contribution in [1.82, 2.24) is 9.62 Å². The summed E-state index contributed by atoms with van der Waals surface area (Å²) in [5.41, 5.74) is 0. The molecule has 1 saturated heterocycles. The monoisotopic (exact) mass is 316 g/mol. The summed E-state index contributed by atoms with van der Waals surface area (Å²) in [5, 5.41) is 0. The maximum atomic E-state index is 12.5. The molecule has 0 aromatic heterocycles. The number of hydrogen-bond acceptors (Lipinski definition) is 3. The Balaban J connectivity index is 1.76. The van der Waals surface area contributed by atoms with Gasteiger partial charge < -0.3 is 4.90 Å². The molecule has 0 radical (unpaired) electrons. The highest BCUT2D eigenvalue weighted by Crippen LogP contribution is 2.26. The SMILES string of the molecule is CS(=O)(=O)NCC1CCN(C(=O)C2CCCCCC2)CC1. The Hall–Kier alpha value is -0.620. The van der Waals surface area contributed by atoms with E-state index in [1.54, 1.807) is 0 Å². The van der Waals surface area contributed by atoms with Crippen molar-refractivity contribution in [2.24, 2.45) is 11.8 Å². The molecule has 5 nitrogen and oxygen atoms in total. The topological polar surface area (TPSA) is 66.5 Å². The molecule has 2 aliphatic rings. The molecule has 2 fully saturated rings. The zero-order valence-corrected chi connectivity index (χ0v) is 13.8. The van der Waals surface area contributed by atoms with Crippen LogP contribution in [0.1, 0.15) is 51.4 Å². The highest BCUT2D eigenvalue weighted by molar-refractivity contribution is 7.88. The largest absolute Gasteiger partial charge is 0.342 e. The number of nitrogens with zero attached hydrogens (tertiary/aromatic N) is 1. The average Bonchev–Trinajstić information content (AvgIpc) is 2.73. The fraction of sp³-hybridized carbons (Fsp3) is 0.933. The molecule has 1 aliphatic heterocycles. The average molecular weight is 316 g/mol. The van der Waals surface area contributed by atoms with Crippen LogP contribution in [0.25, 0.3) is 0 Å². The maximum Gasteiger partial charge on any atom is 0.225 e. The lowest BCUT2D eigenvalue weighted by molar-refractivity contribution is -0.137. The van der Waals surface area contributed by atoms with Gasteiger partial charge in [0.25, 0.3) is 0 Å². The summed E-state index contributed by atoms with van der Waals surface area (Å²) in [6.07, 6.45) is 10.0. The van der Waals surface area contributed by atoms with E-state index >= 15 is 0 Å². The lowest BCUT2D eigenvalue weighted by atomic mass is 9.93. The Morgan fingerprint density at radius 2 is 1.62 bits per heavy atom. The van der Waals surface area contributed by atoms with E-state index in [9.17, 15) is 13.2 Å². The van der Waals surface area contributed by atoms with Crippen molar-refractivity contribution in [2.75, 3.05) is 25.9 Å². The van der Waals surface area contributed by atoms with Gasteiger partial charge in [0, 0.05) is 25.6 Å². The van der Waals surface area contributed by atoms with Crippen LogP contribution in [0.15, 0.2) is 0 Å². The van der Waals surface area contributed by atoms with E-state index in [0.717, 1.165) is 38.8 Å². The van der Waals surface area contributed by atoms with Gasteiger partial charge in [-0.15, -0.1) is 0 Å². The van der Waals surface area contributed by atoms with E-state index in [0.29, 0.717) is 18.4 Å². The van der Waals surface area contributed by atoms with E-state index in [1.165, 1.54) is 31.9 Å². The fourth-order valence-electron chi connectivity index (χ4n) is 3.41. The minimum absolute atomic E-state index is 0.234. The van der Waals surface area contributed by atoms with Gasteiger partial charge >= 0.3 is 0 Å². The summed E-state index contributed by atoms with van der Waals surface area (Å²) in [7, 11) is -3.11. The van der Waals surface area contributed by atoms with Crippen LogP contribution in [-0.4, -0.2) is 45.1 Å². The Bertz CT molecular complexity index is 434. The molecular weight excluding hydrogens is 288 g/mol. The minimum Gasteiger partial charge on any atom is -0.342 e. The summed E-state index contributed by atoms with van der Waals surface area (Å²) < 4.78 is 24.8. The number of rotatable bonds is 4.